The minimum Gasteiger partial charge on any atom is -0.507 e. The molecule has 0 bridgehead atoms. The van der Waals surface area contributed by atoms with Gasteiger partial charge in [-0.3, -0.25) is 14.4 Å². The monoisotopic (exact) mass is 703 g/mol. The third-order valence-corrected chi connectivity index (χ3v) is 8.70. The first kappa shape index (κ1) is 35.8. The predicted octanol–water partition coefficient (Wildman–Crippen LogP) is 6.99. The number of carbonyl (C=O) groups is 4. The summed E-state index contributed by atoms with van der Waals surface area (Å²) >= 11 is 1.21. The average Bonchev–Trinajstić information content (AvgIpc) is 3.15. The predicted molar refractivity (Wildman–Crippen MR) is 195 cm³/mol. The number of thioether (sulfide) groups is 1. The molecule has 0 heterocycles. The van der Waals surface area contributed by atoms with Crippen molar-refractivity contribution in [1.82, 2.24) is 5.32 Å². The third kappa shape index (κ3) is 9.34. The lowest BCUT2D eigenvalue weighted by molar-refractivity contribution is -0.116. The molecule has 1 atom stereocenters. The summed E-state index contributed by atoms with van der Waals surface area (Å²) in [6.45, 7) is 0. The summed E-state index contributed by atoms with van der Waals surface area (Å²) in [5.41, 5.74) is 1.73. The Morgan fingerprint density at radius 1 is 0.745 bits per heavy atom. The number of benzene rings is 5. The maximum Gasteiger partial charge on any atom is 0.339 e. The van der Waals surface area contributed by atoms with Gasteiger partial charge in [-0.15, -0.1) is 11.8 Å². The Kier molecular flexibility index (Phi) is 11.7. The zero-order valence-corrected chi connectivity index (χ0v) is 28.3. The van der Waals surface area contributed by atoms with Crippen molar-refractivity contribution >= 4 is 52.9 Å². The maximum atomic E-state index is 13.8. The number of ether oxygens (including phenoxy) is 2. The van der Waals surface area contributed by atoms with E-state index in [-0.39, 0.29) is 16.9 Å². The molecule has 0 aliphatic rings. The van der Waals surface area contributed by atoms with Crippen molar-refractivity contribution in [2.75, 3.05) is 24.9 Å². The van der Waals surface area contributed by atoms with Crippen molar-refractivity contribution in [3.63, 3.8) is 0 Å². The second kappa shape index (κ2) is 16.7. The number of carboxylic acid groups (broad SMARTS) is 1. The highest BCUT2D eigenvalue weighted by Gasteiger charge is 2.24. The van der Waals surface area contributed by atoms with E-state index in [1.165, 1.54) is 50.3 Å². The van der Waals surface area contributed by atoms with Crippen LogP contribution in [0.15, 0.2) is 132 Å². The molecule has 0 aliphatic heterocycles. The van der Waals surface area contributed by atoms with E-state index in [2.05, 4.69) is 16.0 Å². The molecule has 51 heavy (non-hydrogen) atoms. The maximum absolute atomic E-state index is 13.8. The van der Waals surface area contributed by atoms with Crippen molar-refractivity contribution < 1.29 is 38.9 Å². The van der Waals surface area contributed by atoms with Crippen LogP contribution in [0.3, 0.4) is 0 Å². The summed E-state index contributed by atoms with van der Waals surface area (Å²) in [5, 5.41) is 26.8. The highest BCUT2D eigenvalue weighted by Crippen LogP contribution is 2.37. The number of anilines is 2. The molecular formula is C39H33N3O8S. The first-order valence-electron chi connectivity index (χ1n) is 15.5. The minimum absolute atomic E-state index is 0.0541. The molecule has 0 radical (unpaired) electrons. The molecule has 258 valence electrons. The number of carbonyl (C=O) groups excluding carboxylic acids is 3. The van der Waals surface area contributed by atoms with Crippen molar-refractivity contribution in [2.45, 2.75) is 10.1 Å². The average molecular weight is 704 g/mol. The number of nitrogens with one attached hydrogen (secondary N) is 3. The van der Waals surface area contributed by atoms with Crippen LogP contribution in [-0.2, 0) is 9.59 Å². The number of amides is 3. The zero-order valence-electron chi connectivity index (χ0n) is 27.5. The highest BCUT2D eigenvalue weighted by molar-refractivity contribution is 8.00. The molecule has 0 spiro atoms. The van der Waals surface area contributed by atoms with Gasteiger partial charge in [0.1, 0.15) is 33.8 Å². The molecule has 1 unspecified atom stereocenters. The molecule has 5 aromatic rings. The van der Waals surface area contributed by atoms with Crippen molar-refractivity contribution in [2.24, 2.45) is 0 Å². The number of hydrogen-bond donors (Lipinski definition) is 5. The quantitative estimate of drug-likeness (QED) is 0.0494. The molecule has 11 nitrogen and oxygen atoms in total. The standard InChI is InChI=1S/C39H33N3O8S/c1-49-29-18-16-26(34(23-29)50-2)20-32(42-36(44)25-12-7-4-8-13-25)37(45)40-27-14-9-15-30(21-27)51-35(24-10-5-3-6-11-24)38(46)41-28-17-19-33(43)31(22-28)39(47)48/h3-23,35,43H,1-2H3,(H,40,45)(H,41,46)(H,42,44)(H,47,48)/b32-20+. The number of aromatic carboxylic acids is 1. The second-order valence-electron chi connectivity index (χ2n) is 10.9. The third-order valence-electron chi connectivity index (χ3n) is 7.45. The summed E-state index contributed by atoms with van der Waals surface area (Å²) in [6, 6.07) is 33.2. The van der Waals surface area contributed by atoms with E-state index in [1.54, 1.807) is 97.1 Å². The van der Waals surface area contributed by atoms with E-state index in [9.17, 15) is 29.4 Å². The van der Waals surface area contributed by atoms with Crippen LogP contribution in [0.1, 0.15) is 37.1 Å². The van der Waals surface area contributed by atoms with Gasteiger partial charge in [-0.2, -0.15) is 0 Å². The fourth-order valence-electron chi connectivity index (χ4n) is 4.91. The summed E-state index contributed by atoms with van der Waals surface area (Å²) in [7, 11) is 3.01. The van der Waals surface area contributed by atoms with E-state index in [0.717, 1.165) is 0 Å². The Bertz CT molecular complexity index is 2090. The van der Waals surface area contributed by atoms with Gasteiger partial charge in [-0.1, -0.05) is 54.6 Å². The summed E-state index contributed by atoms with van der Waals surface area (Å²) in [5.74, 6) is -2.33. The molecule has 5 rings (SSSR count). The number of carboxylic acids is 1. The number of methoxy groups -OCH3 is 2. The molecule has 0 saturated carbocycles. The number of rotatable bonds is 13. The lowest BCUT2D eigenvalue weighted by Gasteiger charge is -2.18. The van der Waals surface area contributed by atoms with Crippen LogP contribution in [0.4, 0.5) is 11.4 Å². The van der Waals surface area contributed by atoms with Crippen LogP contribution < -0.4 is 25.4 Å². The molecule has 0 aromatic heterocycles. The van der Waals surface area contributed by atoms with Crippen LogP contribution in [0, 0.1) is 0 Å². The van der Waals surface area contributed by atoms with E-state index < -0.39 is 34.7 Å². The van der Waals surface area contributed by atoms with Crippen LogP contribution in [0.5, 0.6) is 17.2 Å². The van der Waals surface area contributed by atoms with E-state index in [1.807, 2.05) is 6.07 Å². The smallest absolute Gasteiger partial charge is 0.339 e. The van der Waals surface area contributed by atoms with Crippen LogP contribution in [0.25, 0.3) is 6.08 Å². The van der Waals surface area contributed by atoms with Crippen molar-refractivity contribution in [1.29, 1.82) is 0 Å². The van der Waals surface area contributed by atoms with Gasteiger partial charge in [-0.05, 0) is 72.3 Å². The van der Waals surface area contributed by atoms with Gasteiger partial charge in [-0.25, -0.2) is 4.79 Å². The number of phenols is 1. The van der Waals surface area contributed by atoms with Crippen LogP contribution >= 0.6 is 11.8 Å². The Balaban J connectivity index is 1.41. The Morgan fingerprint density at radius 2 is 1.45 bits per heavy atom. The van der Waals surface area contributed by atoms with Crippen molar-refractivity contribution in [3.05, 3.63) is 149 Å². The molecule has 12 heteroatoms. The molecule has 0 saturated heterocycles. The number of aromatic hydroxyl groups is 1. The van der Waals surface area contributed by atoms with Gasteiger partial charge in [0.25, 0.3) is 11.8 Å². The first-order valence-corrected chi connectivity index (χ1v) is 16.3. The Labute approximate surface area is 297 Å². The van der Waals surface area contributed by atoms with Gasteiger partial charge in [0.15, 0.2) is 0 Å². The van der Waals surface area contributed by atoms with Crippen molar-refractivity contribution in [3.8, 4) is 17.2 Å². The summed E-state index contributed by atoms with van der Waals surface area (Å²) in [6.07, 6.45) is 1.50. The zero-order chi connectivity index (χ0) is 36.3. The fraction of sp³-hybridized carbons (Fsp3) is 0.0769. The van der Waals surface area contributed by atoms with Crippen LogP contribution in [-0.4, -0.2) is 48.1 Å². The summed E-state index contributed by atoms with van der Waals surface area (Å²) < 4.78 is 10.8. The first-order chi connectivity index (χ1) is 24.6. The molecule has 5 aromatic carbocycles. The normalized spacial score (nSPS) is 11.5. The number of hydrogen-bond acceptors (Lipinski definition) is 8. The lowest BCUT2D eigenvalue weighted by Crippen LogP contribution is -2.30. The van der Waals surface area contributed by atoms with E-state index in [4.69, 9.17) is 9.47 Å². The second-order valence-corrected chi connectivity index (χ2v) is 12.1. The summed E-state index contributed by atoms with van der Waals surface area (Å²) in [4.78, 5) is 52.7. The minimum atomic E-state index is -1.34. The van der Waals surface area contributed by atoms with Crippen LogP contribution in [0.2, 0.25) is 0 Å². The topological polar surface area (TPSA) is 163 Å². The lowest BCUT2D eigenvalue weighted by atomic mass is 10.1. The molecule has 0 aliphatic carbocycles. The highest BCUT2D eigenvalue weighted by atomic mass is 32.2. The van der Waals surface area contributed by atoms with Gasteiger partial charge in [0, 0.05) is 33.5 Å². The Morgan fingerprint density at radius 3 is 2.14 bits per heavy atom. The van der Waals surface area contributed by atoms with E-state index in [0.29, 0.717) is 38.8 Å². The van der Waals surface area contributed by atoms with Gasteiger partial charge in [0.2, 0.25) is 5.91 Å². The van der Waals surface area contributed by atoms with E-state index >= 15 is 0 Å². The molecule has 3 amide bonds. The fourth-order valence-corrected chi connectivity index (χ4v) is 5.99. The molecule has 0 fully saturated rings. The van der Waals surface area contributed by atoms with Gasteiger partial charge in [0.05, 0.1) is 14.2 Å². The molecule has 5 N–H and O–H groups in total. The van der Waals surface area contributed by atoms with Gasteiger partial charge >= 0.3 is 5.97 Å². The SMILES string of the molecule is COc1ccc(/C=C(/NC(=O)c2ccccc2)C(=O)Nc2cccc(SC(C(=O)Nc3ccc(O)c(C(=O)O)c3)c3ccccc3)c2)c(OC)c1. The van der Waals surface area contributed by atoms with Gasteiger partial charge < -0.3 is 35.6 Å². The largest absolute Gasteiger partial charge is 0.507 e. The molecular weight excluding hydrogens is 671 g/mol. The Hall–Kier alpha value is -6.53.